The average molecular weight is 326 g/mol. The van der Waals surface area contributed by atoms with Gasteiger partial charge in [-0.1, -0.05) is 31.5 Å². The van der Waals surface area contributed by atoms with Crippen LogP contribution in [0.1, 0.15) is 25.3 Å². The van der Waals surface area contributed by atoms with E-state index in [1.807, 2.05) is 31.3 Å². The van der Waals surface area contributed by atoms with Gasteiger partial charge in [-0.25, -0.2) is 4.98 Å². The molecule has 1 amide bonds. The van der Waals surface area contributed by atoms with Crippen molar-refractivity contribution >= 4 is 28.3 Å². The number of nitrogens with zero attached hydrogens (tertiary/aromatic N) is 3. The summed E-state index contributed by atoms with van der Waals surface area (Å²) >= 11 is 0. The van der Waals surface area contributed by atoms with Crippen LogP contribution in [0.4, 0.5) is 11.5 Å². The van der Waals surface area contributed by atoms with Crippen molar-refractivity contribution in [3.63, 3.8) is 0 Å². The van der Waals surface area contributed by atoms with Crippen molar-refractivity contribution in [2.24, 2.45) is 0 Å². The molecule has 0 radical (unpaired) electrons. The van der Waals surface area contributed by atoms with Crippen molar-refractivity contribution in [1.29, 1.82) is 0 Å². The Balaban J connectivity index is 1.87. The number of carbonyl (C=O) groups excluding carboxylic acids is 1. The molecule has 0 fully saturated rings. The molecule has 0 bridgehead atoms. The number of hydrogen-bond donors (Lipinski definition) is 1. The number of aromatic nitrogens is 1. The molecule has 0 unspecified atom stereocenters. The molecule has 0 atom stereocenters. The fourth-order valence-corrected chi connectivity index (χ4v) is 3.25. The highest BCUT2D eigenvalue weighted by atomic mass is 16.2. The van der Waals surface area contributed by atoms with E-state index < -0.39 is 0 Å². The Morgan fingerprint density at radius 3 is 2.96 bits per heavy atom. The molecule has 0 aliphatic carbocycles. The molecule has 24 heavy (non-hydrogen) atoms. The van der Waals surface area contributed by atoms with Gasteiger partial charge in [-0.15, -0.1) is 0 Å². The molecule has 1 aliphatic heterocycles. The molecule has 1 aromatic heterocycles. The number of unbranched alkanes of at least 4 members (excludes halogenated alkanes) is 1. The Morgan fingerprint density at radius 1 is 1.38 bits per heavy atom. The summed E-state index contributed by atoms with van der Waals surface area (Å²) in [7, 11) is 4.05. The maximum atomic E-state index is 12.5. The molecule has 0 saturated heterocycles. The lowest BCUT2D eigenvalue weighted by Crippen LogP contribution is -2.31. The second-order valence-electron chi connectivity index (χ2n) is 6.62. The summed E-state index contributed by atoms with van der Waals surface area (Å²) in [6, 6.07) is 8.03. The molecular weight excluding hydrogens is 300 g/mol. The quantitative estimate of drug-likeness (QED) is 0.887. The van der Waals surface area contributed by atoms with Gasteiger partial charge < -0.3 is 10.2 Å². The molecule has 5 nitrogen and oxygen atoms in total. The Bertz CT molecular complexity index is 743. The molecule has 0 saturated carbocycles. The van der Waals surface area contributed by atoms with Crippen molar-refractivity contribution in [3.8, 4) is 0 Å². The van der Waals surface area contributed by atoms with Crippen LogP contribution in [-0.2, 0) is 11.2 Å². The average Bonchev–Trinajstić information content (AvgIpc) is 2.94. The van der Waals surface area contributed by atoms with Crippen molar-refractivity contribution in [1.82, 2.24) is 9.88 Å². The van der Waals surface area contributed by atoms with Gasteiger partial charge in [-0.2, -0.15) is 0 Å². The molecule has 1 aromatic carbocycles. The summed E-state index contributed by atoms with van der Waals surface area (Å²) < 4.78 is 0. The minimum Gasteiger partial charge on any atom is -0.359 e. The zero-order chi connectivity index (χ0) is 17.1. The van der Waals surface area contributed by atoms with E-state index in [9.17, 15) is 4.79 Å². The van der Waals surface area contributed by atoms with Gasteiger partial charge in [0.1, 0.15) is 5.82 Å². The van der Waals surface area contributed by atoms with Crippen LogP contribution in [0.5, 0.6) is 0 Å². The summed E-state index contributed by atoms with van der Waals surface area (Å²) in [6.45, 7) is 4.47. The van der Waals surface area contributed by atoms with Gasteiger partial charge in [0, 0.05) is 24.5 Å². The van der Waals surface area contributed by atoms with E-state index in [0.29, 0.717) is 6.54 Å². The molecule has 3 rings (SSSR count). The van der Waals surface area contributed by atoms with Crippen molar-refractivity contribution in [2.75, 3.05) is 43.9 Å². The zero-order valence-electron chi connectivity index (χ0n) is 14.8. The number of hydrogen-bond acceptors (Lipinski definition) is 4. The number of amides is 1. The molecule has 0 spiro atoms. The smallest absolute Gasteiger partial charge is 0.238 e. The summed E-state index contributed by atoms with van der Waals surface area (Å²) in [4.78, 5) is 21.5. The van der Waals surface area contributed by atoms with E-state index in [-0.39, 0.29) is 5.91 Å². The van der Waals surface area contributed by atoms with Crippen molar-refractivity contribution < 1.29 is 4.79 Å². The van der Waals surface area contributed by atoms with Crippen molar-refractivity contribution in [2.45, 2.75) is 26.2 Å². The Labute approximate surface area is 143 Å². The van der Waals surface area contributed by atoms with E-state index in [1.54, 1.807) is 0 Å². The summed E-state index contributed by atoms with van der Waals surface area (Å²) in [5, 5.41) is 4.19. The van der Waals surface area contributed by atoms with Crippen LogP contribution in [0.2, 0.25) is 0 Å². The number of carbonyl (C=O) groups is 1. The van der Waals surface area contributed by atoms with E-state index in [1.165, 1.54) is 0 Å². The molecule has 1 N–H and O–H groups in total. The van der Waals surface area contributed by atoms with Gasteiger partial charge in [0.05, 0.1) is 17.7 Å². The van der Waals surface area contributed by atoms with Crippen LogP contribution < -0.4 is 10.2 Å². The molecule has 2 aromatic rings. The van der Waals surface area contributed by atoms with Crippen LogP contribution >= 0.6 is 0 Å². The van der Waals surface area contributed by atoms with Crippen LogP contribution in [0.25, 0.3) is 10.9 Å². The van der Waals surface area contributed by atoms with Crippen molar-refractivity contribution in [3.05, 3.63) is 29.8 Å². The highest BCUT2D eigenvalue weighted by Crippen LogP contribution is 2.36. The number of likely N-dealkylation sites (N-methyl/N-ethyl adjacent to an activating group) is 2. The number of nitrogens with one attached hydrogen (secondary N) is 1. The van der Waals surface area contributed by atoms with Gasteiger partial charge in [-0.3, -0.25) is 9.69 Å². The first-order valence-corrected chi connectivity index (χ1v) is 8.71. The summed E-state index contributed by atoms with van der Waals surface area (Å²) in [5.74, 6) is 1.03. The lowest BCUT2D eigenvalue weighted by Gasteiger charge is -2.18. The standard InChI is InChI=1S/C19H26N4O/c1-4-5-11-22(2)13-17(24)21-18-14-8-6-7-9-16(14)20-19-15(18)10-12-23(19)3/h6-9H,4-5,10-13H2,1-3H3,(H,20,21,24). The van der Waals surface area contributed by atoms with Crippen LogP contribution in [0, 0.1) is 0 Å². The lowest BCUT2D eigenvalue weighted by molar-refractivity contribution is -0.117. The Kier molecular flexibility index (Phi) is 5.00. The maximum Gasteiger partial charge on any atom is 0.238 e. The number of pyridine rings is 1. The molecular formula is C19H26N4O. The SMILES string of the molecule is CCCCN(C)CC(=O)Nc1c2c(nc3ccccc13)N(C)CC2. The normalized spacial score (nSPS) is 13.6. The Hall–Kier alpha value is -2.14. The van der Waals surface area contributed by atoms with Gasteiger partial charge >= 0.3 is 0 Å². The highest BCUT2D eigenvalue weighted by molar-refractivity contribution is 6.04. The van der Waals surface area contributed by atoms with Crippen LogP contribution in [0.3, 0.4) is 0 Å². The first kappa shape index (κ1) is 16.7. The predicted octanol–water partition coefficient (Wildman–Crippen LogP) is 2.90. The first-order chi connectivity index (χ1) is 11.6. The molecule has 5 heteroatoms. The third kappa shape index (κ3) is 3.36. The fourth-order valence-electron chi connectivity index (χ4n) is 3.25. The summed E-state index contributed by atoms with van der Waals surface area (Å²) in [6.07, 6.45) is 3.17. The largest absolute Gasteiger partial charge is 0.359 e. The van der Waals surface area contributed by atoms with Gasteiger partial charge in [-0.05, 0) is 32.5 Å². The van der Waals surface area contributed by atoms with Crippen LogP contribution in [-0.4, -0.2) is 49.5 Å². The van der Waals surface area contributed by atoms with E-state index in [4.69, 9.17) is 4.98 Å². The number of benzene rings is 1. The second-order valence-corrected chi connectivity index (χ2v) is 6.62. The van der Waals surface area contributed by atoms with Crippen LogP contribution in [0.15, 0.2) is 24.3 Å². The monoisotopic (exact) mass is 326 g/mol. The summed E-state index contributed by atoms with van der Waals surface area (Å²) in [5.41, 5.74) is 3.02. The minimum absolute atomic E-state index is 0.0432. The number of para-hydroxylation sites is 1. The number of rotatable bonds is 6. The number of anilines is 2. The van der Waals surface area contributed by atoms with E-state index >= 15 is 0 Å². The van der Waals surface area contributed by atoms with E-state index in [2.05, 4.69) is 29.1 Å². The second kappa shape index (κ2) is 7.18. The Morgan fingerprint density at radius 2 is 2.17 bits per heavy atom. The lowest BCUT2D eigenvalue weighted by atomic mass is 10.1. The maximum absolute atomic E-state index is 12.5. The third-order valence-electron chi connectivity index (χ3n) is 4.60. The fraction of sp³-hybridized carbons (Fsp3) is 0.474. The number of fused-ring (bicyclic) bond motifs is 2. The minimum atomic E-state index is 0.0432. The topological polar surface area (TPSA) is 48.5 Å². The molecule has 1 aliphatic rings. The van der Waals surface area contributed by atoms with Gasteiger partial charge in [0.2, 0.25) is 5.91 Å². The molecule has 2 heterocycles. The van der Waals surface area contributed by atoms with Gasteiger partial charge in [0.15, 0.2) is 0 Å². The highest BCUT2D eigenvalue weighted by Gasteiger charge is 2.24. The third-order valence-corrected chi connectivity index (χ3v) is 4.60. The molecule has 128 valence electrons. The van der Waals surface area contributed by atoms with Gasteiger partial charge in [0.25, 0.3) is 0 Å². The van der Waals surface area contributed by atoms with E-state index in [0.717, 1.165) is 60.3 Å². The first-order valence-electron chi connectivity index (χ1n) is 8.71. The zero-order valence-corrected chi connectivity index (χ0v) is 14.8. The predicted molar refractivity (Wildman–Crippen MR) is 99.8 cm³/mol.